The summed E-state index contributed by atoms with van der Waals surface area (Å²) in [5, 5.41) is 19.9. The Bertz CT molecular complexity index is 863. The van der Waals surface area contributed by atoms with Crippen molar-refractivity contribution in [2.24, 2.45) is 7.05 Å². The van der Waals surface area contributed by atoms with E-state index in [0.29, 0.717) is 0 Å². The maximum Gasteiger partial charge on any atom is 0.470 e. The van der Waals surface area contributed by atoms with Crippen molar-refractivity contribution in [2.45, 2.75) is 24.5 Å². The summed E-state index contributed by atoms with van der Waals surface area (Å²) in [6, 6.07) is 0. The molecule has 4 atom stereocenters. The summed E-state index contributed by atoms with van der Waals surface area (Å²) in [5.41, 5.74) is -1.13. The monoisotopic (exact) mass is 394 g/mol. The zero-order chi connectivity index (χ0) is 19.4. The molecule has 3 rings (SSSR count). The number of phosphoric ester groups is 1. The number of anilines is 2. The van der Waals surface area contributed by atoms with Gasteiger partial charge >= 0.3 is 13.5 Å². The Balaban J connectivity index is 2.01. The van der Waals surface area contributed by atoms with Crippen molar-refractivity contribution in [2.75, 3.05) is 30.1 Å². The smallest absolute Gasteiger partial charge is 0.394 e. The van der Waals surface area contributed by atoms with Crippen LogP contribution in [0.25, 0.3) is 0 Å². The van der Waals surface area contributed by atoms with Crippen molar-refractivity contribution in [3.63, 3.8) is 0 Å². The molecule has 5 N–H and O–H groups in total. The number of nitrogens with zero attached hydrogens (tertiary/aromatic N) is 3. The Hall–Kier alpha value is -1.73. The molecule has 0 aliphatic carbocycles. The number of aliphatic hydroxyl groups excluding tert-OH is 2. The molecule has 0 amide bonds. The van der Waals surface area contributed by atoms with Crippen molar-refractivity contribution in [3.8, 4) is 0 Å². The normalized spacial score (nSPS) is 28.7. The Morgan fingerprint density at radius 3 is 2.58 bits per heavy atom. The van der Waals surface area contributed by atoms with Crippen LogP contribution in [-0.2, 0) is 20.9 Å². The van der Waals surface area contributed by atoms with Gasteiger partial charge in [0, 0.05) is 14.1 Å². The first-order valence-corrected chi connectivity index (χ1v) is 9.07. The molecule has 1 fully saturated rings. The maximum absolute atomic E-state index is 12.1. The van der Waals surface area contributed by atoms with E-state index in [0.717, 1.165) is 4.57 Å². The highest BCUT2D eigenvalue weighted by Crippen LogP contribution is 2.43. The number of rotatable bonds is 4. The van der Waals surface area contributed by atoms with Gasteiger partial charge in [0.15, 0.2) is 6.23 Å². The van der Waals surface area contributed by atoms with Gasteiger partial charge in [0.25, 0.3) is 5.56 Å². The molecule has 0 unspecified atom stereocenters. The molecule has 1 aromatic rings. The Morgan fingerprint density at radius 2 is 2.00 bits per heavy atom. The summed E-state index contributed by atoms with van der Waals surface area (Å²) in [6.45, 7) is -0.610. The van der Waals surface area contributed by atoms with Gasteiger partial charge in [0.05, 0.1) is 13.3 Å². The molecule has 0 saturated carbocycles. The second-order valence-corrected chi connectivity index (χ2v) is 7.29. The van der Waals surface area contributed by atoms with Crippen LogP contribution < -0.4 is 21.0 Å². The third-order valence-corrected chi connectivity index (χ3v) is 4.86. The second kappa shape index (κ2) is 6.46. The minimum atomic E-state index is -4.95. The van der Waals surface area contributed by atoms with Crippen molar-refractivity contribution in [1.29, 1.82) is 0 Å². The Morgan fingerprint density at radius 1 is 1.35 bits per heavy atom. The minimum absolute atomic E-state index is 0.0538. The lowest BCUT2D eigenvalue weighted by Crippen LogP contribution is -2.47. The highest BCUT2D eigenvalue weighted by atomic mass is 31.2. The number of fused-ring (bicyclic) bond motifs is 1. The average Bonchev–Trinajstić information content (AvgIpc) is 3.02. The molecule has 13 nitrogen and oxygen atoms in total. The molecule has 0 bridgehead atoms. The van der Waals surface area contributed by atoms with E-state index in [1.165, 1.54) is 16.8 Å². The lowest BCUT2D eigenvalue weighted by molar-refractivity contribution is -0.0219. The first-order chi connectivity index (χ1) is 12.0. The van der Waals surface area contributed by atoms with E-state index in [1.54, 1.807) is 7.05 Å². The SMILES string of the molecule is CN1CN([C@@H]2O[C@H](CO)[C@@H](OP(=O)(O)O)[C@H]2O)c2c1c(=O)[nH]c(=O)n2C. The summed E-state index contributed by atoms with van der Waals surface area (Å²) in [6.07, 6.45) is -5.48. The lowest BCUT2D eigenvalue weighted by atomic mass is 10.1. The van der Waals surface area contributed by atoms with Gasteiger partial charge < -0.3 is 34.5 Å². The van der Waals surface area contributed by atoms with Gasteiger partial charge in [-0.05, 0) is 0 Å². The molecular weight excluding hydrogens is 375 g/mol. The number of H-pyrrole nitrogens is 1. The van der Waals surface area contributed by atoms with Gasteiger partial charge in [0.1, 0.15) is 29.8 Å². The molecule has 2 aliphatic heterocycles. The largest absolute Gasteiger partial charge is 0.470 e. The first-order valence-electron chi connectivity index (χ1n) is 7.54. The summed E-state index contributed by atoms with van der Waals surface area (Å²) >= 11 is 0. The van der Waals surface area contributed by atoms with Gasteiger partial charge in [-0.2, -0.15) is 0 Å². The standard InChI is InChI=1S/C12H19N4O9P/c1-14-4-16(10-6(14)9(19)13-12(20)15(10)2)11-7(18)8(5(3-17)24-11)25-26(21,22)23/h5,7-8,11,17-18H,3-4H2,1-2H3,(H,13,19,20)(H2,21,22,23)/t5-,7-,8-,11-/m1/s1. The third kappa shape index (κ3) is 3.07. The van der Waals surface area contributed by atoms with E-state index in [9.17, 15) is 24.4 Å². The number of hydrogen-bond donors (Lipinski definition) is 5. The van der Waals surface area contributed by atoms with E-state index in [4.69, 9.17) is 14.5 Å². The second-order valence-electron chi connectivity index (χ2n) is 6.10. The summed E-state index contributed by atoms with van der Waals surface area (Å²) in [7, 11) is -1.95. The number of hydrogen-bond acceptors (Lipinski definition) is 9. The Kier molecular flexibility index (Phi) is 4.73. The zero-order valence-corrected chi connectivity index (χ0v) is 14.7. The summed E-state index contributed by atoms with van der Waals surface area (Å²) in [4.78, 5) is 47.1. The average molecular weight is 394 g/mol. The fourth-order valence-corrected chi connectivity index (χ4v) is 3.83. The van der Waals surface area contributed by atoms with Gasteiger partial charge in [-0.3, -0.25) is 18.9 Å². The van der Waals surface area contributed by atoms with Crippen LogP contribution in [0.5, 0.6) is 0 Å². The van der Waals surface area contributed by atoms with E-state index >= 15 is 0 Å². The molecule has 14 heteroatoms. The molecule has 146 valence electrons. The van der Waals surface area contributed by atoms with Crippen molar-refractivity contribution < 1.29 is 33.8 Å². The van der Waals surface area contributed by atoms with Crippen LogP contribution in [0, 0.1) is 0 Å². The molecule has 0 spiro atoms. The predicted octanol–water partition coefficient (Wildman–Crippen LogP) is -3.16. The molecule has 1 saturated heterocycles. The van der Waals surface area contributed by atoms with Crippen molar-refractivity contribution in [3.05, 3.63) is 20.8 Å². The minimum Gasteiger partial charge on any atom is -0.394 e. The quantitative estimate of drug-likeness (QED) is 0.326. The summed E-state index contributed by atoms with van der Waals surface area (Å²) < 4.78 is 22.3. The highest BCUT2D eigenvalue weighted by molar-refractivity contribution is 7.46. The van der Waals surface area contributed by atoms with E-state index < -0.39 is 50.2 Å². The van der Waals surface area contributed by atoms with E-state index in [1.807, 2.05) is 0 Å². The van der Waals surface area contributed by atoms with Crippen LogP contribution in [-0.4, -0.2) is 74.4 Å². The Labute approximate surface area is 146 Å². The molecule has 3 heterocycles. The van der Waals surface area contributed by atoms with Crippen LogP contribution in [0.4, 0.5) is 11.5 Å². The number of ether oxygens (including phenoxy) is 1. The molecule has 1 aromatic heterocycles. The number of nitrogens with one attached hydrogen (secondary N) is 1. The van der Waals surface area contributed by atoms with E-state index in [2.05, 4.69) is 9.51 Å². The van der Waals surface area contributed by atoms with Gasteiger partial charge in [-0.25, -0.2) is 9.36 Å². The van der Waals surface area contributed by atoms with Crippen molar-refractivity contribution in [1.82, 2.24) is 9.55 Å². The summed E-state index contributed by atoms with van der Waals surface area (Å²) in [5.74, 6) is 0.166. The third-order valence-electron chi connectivity index (χ3n) is 4.34. The zero-order valence-electron chi connectivity index (χ0n) is 13.8. The van der Waals surface area contributed by atoms with Crippen LogP contribution in [0.15, 0.2) is 9.59 Å². The molecule has 26 heavy (non-hydrogen) atoms. The van der Waals surface area contributed by atoms with Crippen molar-refractivity contribution >= 4 is 19.3 Å². The van der Waals surface area contributed by atoms with Crippen LogP contribution in [0.1, 0.15) is 0 Å². The van der Waals surface area contributed by atoms with E-state index in [-0.39, 0.29) is 18.2 Å². The maximum atomic E-state index is 12.1. The van der Waals surface area contributed by atoms with Gasteiger partial charge in [0.2, 0.25) is 0 Å². The number of aliphatic hydroxyl groups is 2. The number of aromatic amines is 1. The van der Waals surface area contributed by atoms with Crippen LogP contribution in [0.2, 0.25) is 0 Å². The van der Waals surface area contributed by atoms with Gasteiger partial charge in [-0.1, -0.05) is 0 Å². The molecule has 0 aromatic carbocycles. The molecule has 0 radical (unpaired) electrons. The van der Waals surface area contributed by atoms with Gasteiger partial charge in [-0.15, -0.1) is 0 Å². The first kappa shape index (κ1) is 19.0. The molecular formula is C12H19N4O9P. The number of aromatic nitrogens is 2. The number of phosphoric acid groups is 1. The fraction of sp³-hybridized carbons (Fsp3) is 0.667. The fourth-order valence-electron chi connectivity index (χ4n) is 3.25. The lowest BCUT2D eigenvalue weighted by Gasteiger charge is -2.29. The topological polar surface area (TPSA) is 178 Å². The predicted molar refractivity (Wildman–Crippen MR) is 86.7 cm³/mol. The molecule has 2 aliphatic rings. The highest BCUT2D eigenvalue weighted by Gasteiger charge is 2.51. The van der Waals surface area contributed by atoms with Crippen LogP contribution >= 0.6 is 7.82 Å². The van der Waals surface area contributed by atoms with Crippen LogP contribution in [0.3, 0.4) is 0 Å².